The van der Waals surface area contributed by atoms with Gasteiger partial charge in [-0.25, -0.2) is 0 Å². The topological polar surface area (TPSA) is 61.9 Å². The van der Waals surface area contributed by atoms with E-state index in [0.717, 1.165) is 53.3 Å². The first kappa shape index (κ1) is 84.1. The lowest BCUT2D eigenvalue weighted by molar-refractivity contribution is 0.112. The lowest BCUT2D eigenvalue weighted by Crippen LogP contribution is -2.14. The Kier molecular flexibility index (Phi) is 41.7. The van der Waals surface area contributed by atoms with Crippen LogP contribution in [0.5, 0.6) is 5.06 Å². The summed E-state index contributed by atoms with van der Waals surface area (Å²) in [5, 5.41) is 3.85. The molecule has 0 spiro atoms. The fraction of sp³-hybridized carbons (Fsp3) is 0.789. The summed E-state index contributed by atoms with van der Waals surface area (Å²) < 4.78 is 32.0. The van der Waals surface area contributed by atoms with Gasteiger partial charge in [0.05, 0.1) is 74.0 Å². The van der Waals surface area contributed by atoms with Crippen LogP contribution in [0.25, 0.3) is 72.1 Å². The van der Waals surface area contributed by atoms with Crippen molar-refractivity contribution < 1.29 is 9.53 Å². The highest BCUT2D eigenvalue weighted by Gasteiger charge is 2.33. The molecule has 8 aromatic rings. The minimum atomic E-state index is 0.566. The van der Waals surface area contributed by atoms with Crippen LogP contribution < -0.4 is 4.74 Å². The zero-order valence-corrected chi connectivity index (χ0v) is 70.3. The lowest BCUT2D eigenvalue weighted by Gasteiger charge is -2.22. The second kappa shape index (κ2) is 50.1. The summed E-state index contributed by atoms with van der Waals surface area (Å²) >= 11 is 9.34. The molecule has 0 aliphatic rings. The van der Waals surface area contributed by atoms with Gasteiger partial charge in [0.2, 0.25) is 0 Å². The third-order valence-electron chi connectivity index (χ3n) is 23.5. The standard InChI is InChI=1S/C90H148N4O2S5/c1-8-14-20-26-32-38-42-46-52-58-63-71(62-56-50-44-36-30-24-18-12-5)68-93-80-76(86-82(93)88-84(98-86)73(75(70-95)97-88)66-60-54-48-40-34-28-22-16-10-3)78-79(92-101-91-78)77-81(80)94(69-72(64-57-51-45-37-31-25-19-13-6)65-59-53-47-43-39-33-27-21-15-9-2)83-87(77)99-85-74(90(96-7)100-89(83)85)67-61-55-49-41-35-29-23-17-11-4/h70-72H,8-69H2,1-7H3. The summed E-state index contributed by atoms with van der Waals surface area (Å²) in [6.07, 6.45) is 81.6. The molecule has 0 aliphatic carbocycles. The molecule has 0 amide bonds. The number of aromatic nitrogens is 4. The molecular formula is C90H148N4O2S5. The maximum Gasteiger partial charge on any atom is 0.178 e. The molecule has 0 radical (unpaired) electrons. The summed E-state index contributed by atoms with van der Waals surface area (Å²) in [5.41, 5.74) is 10.7. The fourth-order valence-electron chi connectivity index (χ4n) is 17.4. The van der Waals surface area contributed by atoms with Gasteiger partial charge < -0.3 is 13.9 Å². The highest BCUT2D eigenvalue weighted by Crippen LogP contribution is 2.56. The molecular weight excluding hydrogens is 1330 g/mol. The van der Waals surface area contributed by atoms with Gasteiger partial charge in [0, 0.05) is 29.4 Å². The van der Waals surface area contributed by atoms with E-state index in [1.54, 1.807) is 0 Å². The molecule has 570 valence electrons. The van der Waals surface area contributed by atoms with Gasteiger partial charge in [-0.2, -0.15) is 8.75 Å². The van der Waals surface area contributed by atoms with Crippen LogP contribution in [0, 0.1) is 11.8 Å². The van der Waals surface area contributed by atoms with E-state index in [0.29, 0.717) is 11.8 Å². The van der Waals surface area contributed by atoms with Crippen molar-refractivity contribution >= 4 is 135 Å². The Morgan fingerprint density at radius 2 is 0.594 bits per heavy atom. The van der Waals surface area contributed by atoms with Crippen LogP contribution in [-0.4, -0.2) is 31.3 Å². The van der Waals surface area contributed by atoms with Gasteiger partial charge in [0.25, 0.3) is 0 Å². The number of methoxy groups -OCH3 is 1. The highest BCUT2D eigenvalue weighted by atomic mass is 32.1. The van der Waals surface area contributed by atoms with E-state index in [2.05, 4.69) is 62.0 Å². The molecule has 0 bridgehead atoms. The number of ether oxygens (including phenoxy) is 1. The Balaban J connectivity index is 1.27. The smallest absolute Gasteiger partial charge is 0.178 e. The predicted molar refractivity (Wildman–Crippen MR) is 458 cm³/mol. The number of unbranched alkanes of at least 4 members (excludes halogenated alkanes) is 48. The monoisotopic (exact) mass is 1480 g/mol. The molecule has 6 nitrogen and oxygen atoms in total. The number of carbonyl (C=O) groups is 1. The second-order valence-corrected chi connectivity index (χ2v) is 36.6. The summed E-state index contributed by atoms with van der Waals surface area (Å²) in [6, 6.07) is 0. The summed E-state index contributed by atoms with van der Waals surface area (Å²) in [7, 11) is 1.95. The Morgan fingerprint density at radius 1 is 0.317 bits per heavy atom. The first-order valence-electron chi connectivity index (χ1n) is 44.0. The number of benzene rings is 1. The minimum Gasteiger partial charge on any atom is -0.487 e. The van der Waals surface area contributed by atoms with Crippen molar-refractivity contribution in [2.75, 3.05) is 7.11 Å². The molecule has 101 heavy (non-hydrogen) atoms. The number of carbonyl (C=O) groups excluding carboxylic acids is 1. The average molecular weight is 1480 g/mol. The molecule has 0 saturated carbocycles. The van der Waals surface area contributed by atoms with Gasteiger partial charge in [-0.3, -0.25) is 4.79 Å². The van der Waals surface area contributed by atoms with Crippen molar-refractivity contribution in [2.24, 2.45) is 11.8 Å². The van der Waals surface area contributed by atoms with Crippen LogP contribution in [0.1, 0.15) is 435 Å². The number of rotatable bonds is 66. The van der Waals surface area contributed by atoms with Gasteiger partial charge in [0.15, 0.2) is 11.3 Å². The molecule has 0 fully saturated rings. The van der Waals surface area contributed by atoms with E-state index in [9.17, 15) is 4.79 Å². The van der Waals surface area contributed by atoms with Crippen LogP contribution in [0.2, 0.25) is 0 Å². The van der Waals surface area contributed by atoms with E-state index in [1.165, 1.54) is 456 Å². The van der Waals surface area contributed by atoms with Crippen molar-refractivity contribution in [3.05, 3.63) is 16.0 Å². The maximum absolute atomic E-state index is 13.6. The fourth-order valence-corrected chi connectivity index (χ4v) is 23.6. The molecule has 0 N–H and O–H groups in total. The number of hydrogen-bond donors (Lipinski definition) is 0. The minimum absolute atomic E-state index is 0.566. The Hall–Kier alpha value is -2.57. The quantitative estimate of drug-likeness (QED) is 0.0282. The van der Waals surface area contributed by atoms with Crippen LogP contribution in [-0.2, 0) is 25.9 Å². The normalized spacial score (nSPS) is 12.9. The molecule has 0 aliphatic heterocycles. The van der Waals surface area contributed by atoms with Crippen LogP contribution in [0.15, 0.2) is 0 Å². The van der Waals surface area contributed by atoms with Crippen LogP contribution in [0.3, 0.4) is 0 Å². The van der Waals surface area contributed by atoms with E-state index >= 15 is 0 Å². The number of hydrogen-bond acceptors (Lipinski definition) is 9. The number of nitrogens with zero attached hydrogens (tertiary/aromatic N) is 4. The van der Waals surface area contributed by atoms with Crippen molar-refractivity contribution in [3.8, 4) is 5.06 Å². The zero-order valence-electron chi connectivity index (χ0n) is 66.2. The summed E-state index contributed by atoms with van der Waals surface area (Å²) in [4.78, 5) is 14.6. The predicted octanol–water partition coefficient (Wildman–Crippen LogP) is 33.3. The van der Waals surface area contributed by atoms with Gasteiger partial charge in [-0.1, -0.05) is 387 Å². The number of thiophene rings is 4. The number of aryl methyl sites for hydroxylation is 2. The number of aldehydes is 1. The molecule has 2 atom stereocenters. The first-order chi connectivity index (χ1) is 50.0. The van der Waals surface area contributed by atoms with Crippen molar-refractivity contribution in [2.45, 2.75) is 440 Å². The molecule has 8 rings (SSSR count). The Bertz CT molecular complexity index is 3470. The molecule has 11 heteroatoms. The summed E-state index contributed by atoms with van der Waals surface area (Å²) in [5.74, 6) is 1.15. The molecule has 0 saturated heterocycles. The Morgan fingerprint density at radius 3 is 0.901 bits per heavy atom. The van der Waals surface area contributed by atoms with E-state index < -0.39 is 0 Å². The molecule has 1 aromatic carbocycles. The number of fused-ring (bicyclic) bond motifs is 14. The first-order valence-corrected chi connectivity index (χ1v) is 48.0. The molecule has 7 aromatic heterocycles. The van der Waals surface area contributed by atoms with Crippen molar-refractivity contribution in [1.29, 1.82) is 0 Å². The SMILES string of the molecule is CCCCCCCCCCCCC(CCCCCCCCCC)Cn1c2c3sc(C=O)c(CCCCCCCCCCC)c3sc2c2c3nsnc3c3c4sc5c(CCCCCCCCCCC)c(OC)sc5c4n(CC(CCCCCCCCCC)CCCCCCCCCCCC)c3c21. The van der Waals surface area contributed by atoms with Gasteiger partial charge in [-0.15, -0.1) is 34.0 Å². The van der Waals surface area contributed by atoms with Gasteiger partial charge in [-0.05, 0) is 68.8 Å². The van der Waals surface area contributed by atoms with Crippen molar-refractivity contribution in [3.63, 3.8) is 0 Å². The van der Waals surface area contributed by atoms with Gasteiger partial charge >= 0.3 is 0 Å². The van der Waals surface area contributed by atoms with E-state index in [-0.39, 0.29) is 0 Å². The highest BCUT2D eigenvalue weighted by molar-refractivity contribution is 7.35. The maximum atomic E-state index is 13.6. The zero-order chi connectivity index (χ0) is 70.9. The van der Waals surface area contributed by atoms with E-state index in [4.69, 9.17) is 13.5 Å². The van der Waals surface area contributed by atoms with E-state index in [1.807, 2.05) is 41.1 Å². The average Bonchev–Trinajstić information content (AvgIpc) is 1.51. The van der Waals surface area contributed by atoms with Crippen LogP contribution >= 0.6 is 57.1 Å². The largest absolute Gasteiger partial charge is 0.487 e. The van der Waals surface area contributed by atoms with Crippen LogP contribution in [0.4, 0.5) is 0 Å². The third kappa shape index (κ3) is 25.8. The second-order valence-electron chi connectivity index (χ2n) is 32.0. The summed E-state index contributed by atoms with van der Waals surface area (Å²) in [6.45, 7) is 16.1. The van der Waals surface area contributed by atoms with Gasteiger partial charge in [0.1, 0.15) is 11.0 Å². The third-order valence-corrected chi connectivity index (χ3v) is 29.1. The lowest BCUT2D eigenvalue weighted by atomic mass is 9.93. The Labute approximate surface area is 638 Å². The molecule has 7 heterocycles. The molecule has 2 unspecified atom stereocenters. The van der Waals surface area contributed by atoms with Crippen molar-refractivity contribution in [1.82, 2.24) is 17.9 Å².